The first-order valence-electron chi connectivity index (χ1n) is 11.9. The predicted octanol–water partition coefficient (Wildman–Crippen LogP) is 3.15. The van der Waals surface area contributed by atoms with Gasteiger partial charge in [0, 0.05) is 38.8 Å². The summed E-state index contributed by atoms with van der Waals surface area (Å²) in [6.07, 6.45) is 1.65. The number of nitrogens with two attached hydrogens (primary N) is 1. The predicted molar refractivity (Wildman–Crippen MR) is 133 cm³/mol. The molecule has 0 aliphatic carbocycles. The highest BCUT2D eigenvalue weighted by Gasteiger charge is 2.37. The molecule has 0 aromatic heterocycles. The first kappa shape index (κ1) is 21.9. The number of piperazine rings is 1. The quantitative estimate of drug-likeness (QED) is 0.611. The van der Waals surface area contributed by atoms with Crippen molar-refractivity contribution in [2.45, 2.75) is 31.5 Å². The lowest BCUT2D eigenvalue weighted by atomic mass is 10.0. The van der Waals surface area contributed by atoms with Gasteiger partial charge in [-0.15, -0.1) is 0 Å². The van der Waals surface area contributed by atoms with Gasteiger partial charge in [0.1, 0.15) is 5.75 Å². The zero-order valence-electron chi connectivity index (χ0n) is 19.0. The first-order chi connectivity index (χ1) is 16.2. The molecule has 3 aromatic rings. The van der Waals surface area contributed by atoms with Crippen LogP contribution in [0, 0.1) is 0 Å². The number of ether oxygens (including phenoxy) is 1. The van der Waals surface area contributed by atoms with Crippen molar-refractivity contribution in [3.63, 3.8) is 0 Å². The van der Waals surface area contributed by atoms with Crippen LogP contribution in [-0.2, 0) is 11.3 Å². The number of anilines is 1. The third-order valence-corrected chi connectivity index (χ3v) is 6.79. The van der Waals surface area contributed by atoms with Gasteiger partial charge in [0.25, 0.3) is 0 Å². The van der Waals surface area contributed by atoms with E-state index in [2.05, 4.69) is 52.7 Å². The number of hydrogen-bond donors (Lipinski definition) is 2. The lowest BCUT2D eigenvalue weighted by Crippen LogP contribution is -2.60. The molecule has 2 aliphatic heterocycles. The maximum atomic E-state index is 13.5. The Morgan fingerprint density at radius 2 is 1.85 bits per heavy atom. The van der Waals surface area contributed by atoms with Gasteiger partial charge < -0.3 is 20.7 Å². The van der Waals surface area contributed by atoms with Crippen molar-refractivity contribution in [3.8, 4) is 5.75 Å². The number of amides is 1. The Labute approximate surface area is 195 Å². The molecule has 6 heteroatoms. The molecule has 6 nitrogen and oxygen atoms in total. The van der Waals surface area contributed by atoms with Crippen LogP contribution in [0.25, 0.3) is 10.8 Å². The van der Waals surface area contributed by atoms with Crippen molar-refractivity contribution < 1.29 is 9.53 Å². The van der Waals surface area contributed by atoms with Crippen molar-refractivity contribution in [2.75, 3.05) is 37.7 Å². The second-order valence-electron chi connectivity index (χ2n) is 8.95. The van der Waals surface area contributed by atoms with E-state index in [1.165, 1.54) is 16.3 Å². The zero-order chi connectivity index (χ0) is 22.6. The lowest BCUT2D eigenvalue weighted by Gasteiger charge is -2.41. The largest absolute Gasteiger partial charge is 0.491 e. The highest BCUT2D eigenvalue weighted by molar-refractivity contribution is 5.99. The van der Waals surface area contributed by atoms with Crippen molar-refractivity contribution in [2.24, 2.45) is 5.73 Å². The van der Waals surface area contributed by atoms with Gasteiger partial charge in [-0.25, -0.2) is 0 Å². The van der Waals surface area contributed by atoms with Crippen LogP contribution >= 0.6 is 0 Å². The molecule has 5 rings (SSSR count). The topological polar surface area (TPSA) is 70.8 Å². The van der Waals surface area contributed by atoms with Gasteiger partial charge in [-0.05, 0) is 47.4 Å². The Balaban J connectivity index is 1.26. The van der Waals surface area contributed by atoms with Gasteiger partial charge in [-0.1, -0.05) is 48.5 Å². The van der Waals surface area contributed by atoms with E-state index in [0.717, 1.165) is 43.9 Å². The second kappa shape index (κ2) is 9.91. The molecule has 2 heterocycles. The molecular formula is C27H32N4O2. The number of rotatable bonds is 6. The fraction of sp³-hybridized carbons (Fsp3) is 0.370. The third-order valence-electron chi connectivity index (χ3n) is 6.79. The lowest BCUT2D eigenvalue weighted by molar-refractivity contribution is -0.126. The van der Waals surface area contributed by atoms with E-state index in [1.807, 2.05) is 29.2 Å². The standard InChI is InChI=1S/C27H32N4O2/c28-17-23(29-18-20-11-12-21-6-1-2-7-22(21)16-20)19-30-13-14-31-24-8-3-4-10-26(24)33-15-5-9-25(30)27(31)32/h1-4,6-8,10-12,16,23,25,29H,5,9,13-15,17-19,28H2. The number of nitrogens with zero attached hydrogens (tertiary/aromatic N) is 2. The summed E-state index contributed by atoms with van der Waals surface area (Å²) >= 11 is 0. The molecule has 1 saturated heterocycles. The number of para-hydroxylation sites is 2. The summed E-state index contributed by atoms with van der Waals surface area (Å²) in [5.74, 6) is 0.973. The molecule has 2 bridgehead atoms. The first-order valence-corrected chi connectivity index (χ1v) is 11.9. The van der Waals surface area contributed by atoms with Crippen LogP contribution in [0.4, 0.5) is 5.69 Å². The van der Waals surface area contributed by atoms with Gasteiger partial charge in [0.2, 0.25) is 5.91 Å². The average Bonchev–Trinajstić information content (AvgIpc) is 2.89. The van der Waals surface area contributed by atoms with E-state index >= 15 is 0 Å². The molecule has 33 heavy (non-hydrogen) atoms. The minimum Gasteiger partial charge on any atom is -0.491 e. The Morgan fingerprint density at radius 1 is 1.03 bits per heavy atom. The normalized spacial score (nSPS) is 19.8. The summed E-state index contributed by atoms with van der Waals surface area (Å²) in [4.78, 5) is 17.7. The van der Waals surface area contributed by atoms with Crippen molar-refractivity contribution in [3.05, 3.63) is 72.3 Å². The molecule has 0 radical (unpaired) electrons. The van der Waals surface area contributed by atoms with Gasteiger partial charge >= 0.3 is 0 Å². The maximum absolute atomic E-state index is 13.5. The number of benzene rings is 3. The molecular weight excluding hydrogens is 412 g/mol. The molecule has 3 N–H and O–H groups in total. The summed E-state index contributed by atoms with van der Waals surface area (Å²) in [5, 5.41) is 6.12. The van der Waals surface area contributed by atoms with Crippen LogP contribution < -0.4 is 20.7 Å². The maximum Gasteiger partial charge on any atom is 0.244 e. The highest BCUT2D eigenvalue weighted by Crippen LogP contribution is 2.32. The van der Waals surface area contributed by atoms with Crippen molar-refractivity contribution in [1.82, 2.24) is 10.2 Å². The van der Waals surface area contributed by atoms with E-state index in [4.69, 9.17) is 10.5 Å². The molecule has 2 aliphatic rings. The fourth-order valence-electron chi connectivity index (χ4n) is 4.97. The van der Waals surface area contributed by atoms with Crippen molar-refractivity contribution >= 4 is 22.4 Å². The molecule has 1 fully saturated rings. The van der Waals surface area contributed by atoms with E-state index in [9.17, 15) is 4.79 Å². The fourth-order valence-corrected chi connectivity index (χ4v) is 4.97. The van der Waals surface area contributed by atoms with Crippen LogP contribution in [0.15, 0.2) is 66.7 Å². The van der Waals surface area contributed by atoms with Crippen LogP contribution in [-0.4, -0.2) is 55.7 Å². The summed E-state index contributed by atoms with van der Waals surface area (Å²) in [5.41, 5.74) is 8.27. The number of nitrogens with one attached hydrogen (secondary N) is 1. The SMILES string of the molecule is NCC(CN1CCN2C(=O)C1CCCOc1ccccc12)NCc1ccc2ccccc2c1. The van der Waals surface area contributed by atoms with Gasteiger partial charge in [-0.3, -0.25) is 9.69 Å². The molecule has 1 amide bonds. The minimum absolute atomic E-state index is 0.118. The van der Waals surface area contributed by atoms with Crippen LogP contribution in [0.2, 0.25) is 0 Å². The third kappa shape index (κ3) is 4.74. The smallest absolute Gasteiger partial charge is 0.244 e. The highest BCUT2D eigenvalue weighted by atomic mass is 16.5. The van der Waals surface area contributed by atoms with Crippen LogP contribution in [0.5, 0.6) is 5.75 Å². The molecule has 2 unspecified atom stereocenters. The summed E-state index contributed by atoms with van der Waals surface area (Å²) in [6.45, 7) is 4.17. The van der Waals surface area contributed by atoms with E-state index in [0.29, 0.717) is 19.7 Å². The Bertz CT molecular complexity index is 1120. The Morgan fingerprint density at radius 3 is 2.73 bits per heavy atom. The molecule has 172 valence electrons. The minimum atomic E-state index is -0.134. The Hall–Kier alpha value is -2.93. The van der Waals surface area contributed by atoms with Gasteiger partial charge in [0.15, 0.2) is 0 Å². The number of fused-ring (bicyclic) bond motifs is 5. The van der Waals surface area contributed by atoms with Crippen LogP contribution in [0.3, 0.4) is 0 Å². The summed E-state index contributed by atoms with van der Waals surface area (Å²) < 4.78 is 5.98. The van der Waals surface area contributed by atoms with Gasteiger partial charge in [0.05, 0.1) is 18.3 Å². The molecule has 3 aromatic carbocycles. The van der Waals surface area contributed by atoms with E-state index in [-0.39, 0.29) is 18.0 Å². The zero-order valence-corrected chi connectivity index (χ0v) is 19.0. The molecule has 0 saturated carbocycles. The molecule has 0 spiro atoms. The second-order valence-corrected chi connectivity index (χ2v) is 8.95. The van der Waals surface area contributed by atoms with E-state index < -0.39 is 0 Å². The monoisotopic (exact) mass is 444 g/mol. The summed E-state index contributed by atoms with van der Waals surface area (Å²) in [6, 6.07) is 22.8. The molecule has 2 atom stereocenters. The Kier molecular flexibility index (Phi) is 6.58. The van der Waals surface area contributed by atoms with Gasteiger partial charge in [-0.2, -0.15) is 0 Å². The van der Waals surface area contributed by atoms with Crippen LogP contribution in [0.1, 0.15) is 18.4 Å². The van der Waals surface area contributed by atoms with E-state index in [1.54, 1.807) is 0 Å². The number of carbonyl (C=O) groups excluding carboxylic acids is 1. The van der Waals surface area contributed by atoms with Crippen molar-refractivity contribution in [1.29, 1.82) is 0 Å². The number of hydrogen-bond acceptors (Lipinski definition) is 5. The summed E-state index contributed by atoms with van der Waals surface area (Å²) in [7, 11) is 0. The average molecular weight is 445 g/mol. The number of carbonyl (C=O) groups is 1.